The summed E-state index contributed by atoms with van der Waals surface area (Å²) in [5, 5.41) is 5.49. The number of nitrogens with zero attached hydrogens (tertiary/aromatic N) is 2. The number of methoxy groups -OCH3 is 1. The molecule has 1 heterocycles. The van der Waals surface area contributed by atoms with Gasteiger partial charge in [-0.25, -0.2) is 18.7 Å². The Morgan fingerprint density at radius 3 is 2.58 bits per heavy atom. The van der Waals surface area contributed by atoms with E-state index in [1.54, 1.807) is 7.05 Å². The number of nitrogens with one attached hydrogen (secondary N) is 2. The summed E-state index contributed by atoms with van der Waals surface area (Å²) in [6, 6.07) is 3.84. The van der Waals surface area contributed by atoms with Crippen molar-refractivity contribution in [3.63, 3.8) is 0 Å². The quantitative estimate of drug-likeness (QED) is 0.890. The molecule has 0 spiro atoms. The SMILES string of the molecule is CNc1ncnc(Nc2cccc(F)c2F)c1OC. The maximum absolute atomic E-state index is 13.6. The van der Waals surface area contributed by atoms with Gasteiger partial charge in [-0.2, -0.15) is 0 Å². The second-order valence-corrected chi connectivity index (χ2v) is 3.58. The maximum atomic E-state index is 13.6. The Balaban J connectivity index is 2.41. The highest BCUT2D eigenvalue weighted by molar-refractivity contribution is 5.69. The normalized spacial score (nSPS) is 10.1. The van der Waals surface area contributed by atoms with Crippen LogP contribution in [0.2, 0.25) is 0 Å². The van der Waals surface area contributed by atoms with Crippen molar-refractivity contribution < 1.29 is 13.5 Å². The standard InChI is InChI=1S/C12H12F2N4O/c1-15-11-10(19-2)12(17-6-16-11)18-8-5-3-4-7(13)9(8)14/h3-6H,1-2H3,(H2,15,16,17,18). The zero-order valence-corrected chi connectivity index (χ0v) is 10.4. The lowest BCUT2D eigenvalue weighted by Gasteiger charge is -2.13. The highest BCUT2D eigenvalue weighted by atomic mass is 19.2. The molecule has 0 aliphatic carbocycles. The Kier molecular flexibility index (Phi) is 3.74. The topological polar surface area (TPSA) is 59.1 Å². The zero-order chi connectivity index (χ0) is 13.8. The third-order valence-electron chi connectivity index (χ3n) is 2.45. The van der Waals surface area contributed by atoms with E-state index in [2.05, 4.69) is 20.6 Å². The summed E-state index contributed by atoms with van der Waals surface area (Å²) < 4.78 is 31.8. The monoisotopic (exact) mass is 266 g/mol. The summed E-state index contributed by atoms with van der Waals surface area (Å²) in [7, 11) is 3.10. The van der Waals surface area contributed by atoms with Gasteiger partial charge in [0.15, 0.2) is 23.3 Å². The van der Waals surface area contributed by atoms with Gasteiger partial charge in [-0.1, -0.05) is 6.07 Å². The lowest BCUT2D eigenvalue weighted by Crippen LogP contribution is -2.04. The fourth-order valence-corrected chi connectivity index (χ4v) is 1.56. The van der Waals surface area contributed by atoms with E-state index in [0.717, 1.165) is 6.07 Å². The Hall–Kier alpha value is -2.44. The van der Waals surface area contributed by atoms with E-state index < -0.39 is 11.6 Å². The molecule has 7 heteroatoms. The predicted octanol–water partition coefficient (Wildman–Crippen LogP) is 2.55. The number of rotatable bonds is 4. The molecule has 0 atom stereocenters. The number of hydrogen-bond acceptors (Lipinski definition) is 5. The van der Waals surface area contributed by atoms with Crippen LogP contribution in [0.4, 0.5) is 26.1 Å². The van der Waals surface area contributed by atoms with Crippen LogP contribution in [0, 0.1) is 11.6 Å². The molecular formula is C12H12F2N4O. The van der Waals surface area contributed by atoms with Crippen LogP contribution in [0.5, 0.6) is 5.75 Å². The molecule has 0 saturated heterocycles. The molecule has 0 aliphatic heterocycles. The average Bonchev–Trinajstić information content (AvgIpc) is 2.43. The highest BCUT2D eigenvalue weighted by Crippen LogP contribution is 2.31. The number of anilines is 3. The minimum atomic E-state index is -0.978. The molecule has 1 aromatic carbocycles. The Morgan fingerprint density at radius 2 is 1.89 bits per heavy atom. The van der Waals surface area contributed by atoms with Crippen molar-refractivity contribution in [2.75, 3.05) is 24.8 Å². The van der Waals surface area contributed by atoms with Crippen LogP contribution in [0.3, 0.4) is 0 Å². The van der Waals surface area contributed by atoms with Crippen LogP contribution in [0.25, 0.3) is 0 Å². The fourth-order valence-electron chi connectivity index (χ4n) is 1.56. The van der Waals surface area contributed by atoms with Crippen LogP contribution in [-0.2, 0) is 0 Å². The van der Waals surface area contributed by atoms with Crippen molar-refractivity contribution in [3.8, 4) is 5.75 Å². The summed E-state index contributed by atoms with van der Waals surface area (Å²) in [5.74, 6) is -0.919. The van der Waals surface area contributed by atoms with Gasteiger partial charge in [0.1, 0.15) is 6.33 Å². The zero-order valence-electron chi connectivity index (χ0n) is 10.4. The number of ether oxygens (including phenoxy) is 1. The number of hydrogen-bond donors (Lipinski definition) is 2. The van der Waals surface area contributed by atoms with Crippen molar-refractivity contribution in [2.24, 2.45) is 0 Å². The second-order valence-electron chi connectivity index (χ2n) is 3.58. The number of aromatic nitrogens is 2. The second kappa shape index (κ2) is 5.47. The highest BCUT2D eigenvalue weighted by Gasteiger charge is 2.14. The first-order chi connectivity index (χ1) is 9.17. The minimum absolute atomic E-state index is 0.0287. The third-order valence-corrected chi connectivity index (χ3v) is 2.45. The Morgan fingerprint density at radius 1 is 1.16 bits per heavy atom. The summed E-state index contributed by atoms with van der Waals surface area (Å²) >= 11 is 0. The van der Waals surface area contributed by atoms with Crippen LogP contribution in [0.1, 0.15) is 0 Å². The van der Waals surface area contributed by atoms with E-state index in [4.69, 9.17) is 4.74 Å². The molecule has 0 radical (unpaired) electrons. The molecule has 100 valence electrons. The molecule has 5 nitrogen and oxygen atoms in total. The van der Waals surface area contributed by atoms with E-state index in [9.17, 15) is 8.78 Å². The molecule has 2 rings (SSSR count). The lowest BCUT2D eigenvalue weighted by atomic mass is 10.3. The number of benzene rings is 1. The predicted molar refractivity (Wildman–Crippen MR) is 67.8 cm³/mol. The molecule has 0 unspecified atom stereocenters. The molecule has 2 aromatic rings. The van der Waals surface area contributed by atoms with Crippen molar-refractivity contribution in [3.05, 3.63) is 36.2 Å². The van der Waals surface area contributed by atoms with Gasteiger partial charge >= 0.3 is 0 Å². The van der Waals surface area contributed by atoms with Crippen molar-refractivity contribution >= 4 is 17.3 Å². The van der Waals surface area contributed by atoms with Gasteiger partial charge in [-0.05, 0) is 12.1 Å². The fraction of sp³-hybridized carbons (Fsp3) is 0.167. The Labute approximate surface area is 108 Å². The molecule has 0 aliphatic rings. The minimum Gasteiger partial charge on any atom is -0.490 e. The van der Waals surface area contributed by atoms with Gasteiger partial charge in [0.25, 0.3) is 0 Å². The summed E-state index contributed by atoms with van der Waals surface area (Å²) in [6.07, 6.45) is 1.29. The molecule has 2 N–H and O–H groups in total. The van der Waals surface area contributed by atoms with E-state index in [-0.39, 0.29) is 11.5 Å². The first kappa shape index (κ1) is 13.0. The van der Waals surface area contributed by atoms with Crippen LogP contribution in [-0.4, -0.2) is 24.1 Å². The molecule has 0 saturated carbocycles. The van der Waals surface area contributed by atoms with Gasteiger partial charge in [-0.15, -0.1) is 0 Å². The van der Waals surface area contributed by atoms with Crippen LogP contribution < -0.4 is 15.4 Å². The summed E-state index contributed by atoms with van der Waals surface area (Å²) in [6.45, 7) is 0. The molecule has 0 fully saturated rings. The third kappa shape index (κ3) is 2.54. The smallest absolute Gasteiger partial charge is 0.204 e. The average molecular weight is 266 g/mol. The van der Waals surface area contributed by atoms with E-state index in [1.807, 2.05) is 0 Å². The van der Waals surface area contributed by atoms with Crippen LogP contribution >= 0.6 is 0 Å². The van der Waals surface area contributed by atoms with Crippen molar-refractivity contribution in [2.45, 2.75) is 0 Å². The first-order valence-corrected chi connectivity index (χ1v) is 5.45. The lowest BCUT2D eigenvalue weighted by molar-refractivity contribution is 0.415. The van der Waals surface area contributed by atoms with E-state index in [1.165, 1.54) is 25.6 Å². The largest absolute Gasteiger partial charge is 0.490 e. The summed E-state index contributed by atoms with van der Waals surface area (Å²) in [5.41, 5.74) is -0.0287. The number of halogens is 2. The maximum Gasteiger partial charge on any atom is 0.204 e. The van der Waals surface area contributed by atoms with Crippen molar-refractivity contribution in [1.29, 1.82) is 0 Å². The van der Waals surface area contributed by atoms with E-state index >= 15 is 0 Å². The van der Waals surface area contributed by atoms with Gasteiger partial charge in [0, 0.05) is 7.05 Å². The molecule has 0 bridgehead atoms. The molecular weight excluding hydrogens is 254 g/mol. The van der Waals surface area contributed by atoms with Gasteiger partial charge in [0.2, 0.25) is 5.75 Å². The Bertz CT molecular complexity index is 592. The molecule has 19 heavy (non-hydrogen) atoms. The van der Waals surface area contributed by atoms with Gasteiger partial charge in [-0.3, -0.25) is 0 Å². The van der Waals surface area contributed by atoms with Crippen molar-refractivity contribution in [1.82, 2.24) is 9.97 Å². The van der Waals surface area contributed by atoms with E-state index in [0.29, 0.717) is 11.6 Å². The van der Waals surface area contributed by atoms with Crippen LogP contribution in [0.15, 0.2) is 24.5 Å². The first-order valence-electron chi connectivity index (χ1n) is 5.45. The molecule has 1 aromatic heterocycles. The summed E-state index contributed by atoms with van der Waals surface area (Å²) in [4.78, 5) is 7.90. The van der Waals surface area contributed by atoms with Gasteiger partial charge < -0.3 is 15.4 Å². The van der Waals surface area contributed by atoms with Gasteiger partial charge in [0.05, 0.1) is 12.8 Å². The molecule has 0 amide bonds.